The largest absolute Gasteiger partial charge is 0.493 e. The summed E-state index contributed by atoms with van der Waals surface area (Å²) in [6.07, 6.45) is 4.89. The Morgan fingerprint density at radius 3 is 2.86 bits per heavy atom. The van der Waals surface area contributed by atoms with E-state index in [0.29, 0.717) is 6.61 Å². The summed E-state index contributed by atoms with van der Waals surface area (Å²) in [6.45, 7) is 2.62. The molecule has 1 aromatic rings. The Morgan fingerprint density at radius 2 is 2.09 bits per heavy atom. The topological polar surface area (TPSA) is 58.6 Å². The van der Waals surface area contributed by atoms with E-state index in [4.69, 9.17) is 4.74 Å². The quantitative estimate of drug-likeness (QED) is 0.899. The number of carbonyl (C=O) groups is 1. The van der Waals surface area contributed by atoms with Crippen molar-refractivity contribution in [2.45, 2.75) is 63.0 Å². The fourth-order valence-corrected chi connectivity index (χ4v) is 3.69. The molecule has 0 aromatic heterocycles. The van der Waals surface area contributed by atoms with Crippen LogP contribution in [0.25, 0.3) is 0 Å². The SMILES string of the molecule is CC(NC(=O)CC1(O)CCCCC1)C1COc2ccccc21. The van der Waals surface area contributed by atoms with Crippen LogP contribution in [0, 0.1) is 0 Å². The molecule has 22 heavy (non-hydrogen) atoms. The molecular formula is C18H25NO3. The molecule has 1 amide bonds. The van der Waals surface area contributed by atoms with Gasteiger partial charge in [0.15, 0.2) is 0 Å². The average Bonchev–Trinajstić information content (AvgIpc) is 2.91. The van der Waals surface area contributed by atoms with Crippen LogP contribution in [0.2, 0.25) is 0 Å². The van der Waals surface area contributed by atoms with Crippen molar-refractivity contribution in [2.24, 2.45) is 0 Å². The van der Waals surface area contributed by atoms with Gasteiger partial charge in [0.05, 0.1) is 18.6 Å². The first-order valence-electron chi connectivity index (χ1n) is 8.31. The van der Waals surface area contributed by atoms with Crippen molar-refractivity contribution in [3.8, 4) is 5.75 Å². The molecule has 120 valence electrons. The van der Waals surface area contributed by atoms with Crippen LogP contribution >= 0.6 is 0 Å². The first-order valence-corrected chi connectivity index (χ1v) is 8.31. The Kier molecular flexibility index (Phi) is 4.39. The summed E-state index contributed by atoms with van der Waals surface area (Å²) in [5, 5.41) is 13.5. The van der Waals surface area contributed by atoms with Crippen LogP contribution < -0.4 is 10.1 Å². The third-order valence-corrected chi connectivity index (χ3v) is 5.00. The summed E-state index contributed by atoms with van der Waals surface area (Å²) in [6, 6.07) is 7.99. The standard InChI is InChI=1S/C18H25NO3/c1-13(15-12-22-16-8-4-3-7-14(15)16)19-17(20)11-18(21)9-5-2-6-10-18/h3-4,7-8,13,15,21H,2,5-6,9-12H2,1H3,(H,19,20). The molecule has 1 heterocycles. The molecule has 2 aliphatic rings. The molecular weight excluding hydrogens is 278 g/mol. The predicted molar refractivity (Wildman–Crippen MR) is 84.9 cm³/mol. The number of hydrogen-bond acceptors (Lipinski definition) is 3. The van der Waals surface area contributed by atoms with Crippen LogP contribution in [0.1, 0.15) is 56.9 Å². The Labute approximate surface area is 131 Å². The molecule has 4 nitrogen and oxygen atoms in total. The van der Waals surface area contributed by atoms with Gasteiger partial charge in [-0.3, -0.25) is 4.79 Å². The first-order chi connectivity index (χ1) is 10.6. The van der Waals surface area contributed by atoms with Gasteiger partial charge < -0.3 is 15.2 Å². The predicted octanol–water partition coefficient (Wildman–Crippen LogP) is 2.75. The van der Waals surface area contributed by atoms with E-state index >= 15 is 0 Å². The second kappa shape index (κ2) is 6.29. The maximum absolute atomic E-state index is 12.3. The van der Waals surface area contributed by atoms with Gasteiger partial charge in [-0.05, 0) is 25.8 Å². The summed E-state index contributed by atoms with van der Waals surface area (Å²) in [7, 11) is 0. The second-order valence-electron chi connectivity index (χ2n) is 6.77. The van der Waals surface area contributed by atoms with Crippen molar-refractivity contribution in [3.63, 3.8) is 0 Å². The molecule has 1 aliphatic heterocycles. The molecule has 0 saturated heterocycles. The lowest BCUT2D eigenvalue weighted by molar-refractivity contribution is -0.128. The summed E-state index contributed by atoms with van der Waals surface area (Å²) < 4.78 is 5.68. The molecule has 4 heteroatoms. The number of rotatable bonds is 4. The van der Waals surface area contributed by atoms with E-state index < -0.39 is 5.60 Å². The Bertz CT molecular complexity index is 537. The van der Waals surface area contributed by atoms with Gasteiger partial charge in [0.1, 0.15) is 5.75 Å². The Balaban J connectivity index is 1.58. The number of fused-ring (bicyclic) bond motifs is 1. The van der Waals surface area contributed by atoms with Gasteiger partial charge in [-0.2, -0.15) is 0 Å². The van der Waals surface area contributed by atoms with Crippen molar-refractivity contribution in [3.05, 3.63) is 29.8 Å². The third-order valence-electron chi connectivity index (χ3n) is 5.00. The van der Waals surface area contributed by atoms with Gasteiger partial charge in [0.25, 0.3) is 0 Å². The molecule has 2 atom stereocenters. The molecule has 0 radical (unpaired) electrons. The lowest BCUT2D eigenvalue weighted by Gasteiger charge is -2.32. The van der Waals surface area contributed by atoms with Crippen LogP contribution in [0.5, 0.6) is 5.75 Å². The molecule has 0 spiro atoms. The number of para-hydroxylation sites is 1. The average molecular weight is 303 g/mol. The third kappa shape index (κ3) is 3.27. The van der Waals surface area contributed by atoms with Crippen LogP contribution in [-0.2, 0) is 4.79 Å². The van der Waals surface area contributed by atoms with Gasteiger partial charge in [0, 0.05) is 17.5 Å². The highest BCUT2D eigenvalue weighted by atomic mass is 16.5. The summed E-state index contributed by atoms with van der Waals surface area (Å²) >= 11 is 0. The van der Waals surface area contributed by atoms with Gasteiger partial charge in [-0.25, -0.2) is 0 Å². The Hall–Kier alpha value is -1.55. The minimum atomic E-state index is -0.799. The van der Waals surface area contributed by atoms with E-state index in [1.807, 2.05) is 25.1 Å². The lowest BCUT2D eigenvalue weighted by atomic mass is 9.82. The van der Waals surface area contributed by atoms with Gasteiger partial charge >= 0.3 is 0 Å². The highest BCUT2D eigenvalue weighted by molar-refractivity contribution is 5.77. The smallest absolute Gasteiger partial charge is 0.223 e. The molecule has 2 N–H and O–H groups in total. The highest BCUT2D eigenvalue weighted by Crippen LogP contribution is 2.36. The molecule has 0 bridgehead atoms. The number of ether oxygens (including phenoxy) is 1. The van der Waals surface area contributed by atoms with Crippen LogP contribution in [-0.4, -0.2) is 29.3 Å². The van der Waals surface area contributed by atoms with Crippen molar-refractivity contribution >= 4 is 5.91 Å². The Morgan fingerprint density at radius 1 is 1.36 bits per heavy atom. The fraction of sp³-hybridized carbons (Fsp3) is 0.611. The summed E-state index contributed by atoms with van der Waals surface area (Å²) in [5.41, 5.74) is 0.359. The van der Waals surface area contributed by atoms with Gasteiger partial charge in [-0.1, -0.05) is 37.5 Å². The fourth-order valence-electron chi connectivity index (χ4n) is 3.69. The number of aliphatic hydroxyl groups is 1. The zero-order valence-electron chi connectivity index (χ0n) is 13.2. The van der Waals surface area contributed by atoms with Crippen LogP contribution in [0.3, 0.4) is 0 Å². The number of carbonyl (C=O) groups excluding carboxylic acids is 1. The van der Waals surface area contributed by atoms with E-state index in [9.17, 15) is 9.90 Å². The number of amides is 1. The monoisotopic (exact) mass is 303 g/mol. The number of nitrogens with one attached hydrogen (secondary N) is 1. The minimum Gasteiger partial charge on any atom is -0.493 e. The first kappa shape index (κ1) is 15.3. The van der Waals surface area contributed by atoms with E-state index in [0.717, 1.165) is 43.4 Å². The van der Waals surface area contributed by atoms with Crippen LogP contribution in [0.4, 0.5) is 0 Å². The lowest BCUT2D eigenvalue weighted by Crippen LogP contribution is -2.43. The van der Waals surface area contributed by atoms with E-state index in [-0.39, 0.29) is 24.3 Å². The maximum Gasteiger partial charge on any atom is 0.223 e. The number of benzene rings is 1. The van der Waals surface area contributed by atoms with E-state index in [1.165, 1.54) is 0 Å². The molecule has 1 aliphatic carbocycles. The summed E-state index contributed by atoms with van der Waals surface area (Å²) in [4.78, 5) is 12.3. The maximum atomic E-state index is 12.3. The number of hydrogen-bond donors (Lipinski definition) is 2. The molecule has 1 saturated carbocycles. The zero-order chi connectivity index (χ0) is 15.6. The molecule has 1 fully saturated rings. The van der Waals surface area contributed by atoms with Crippen molar-refractivity contribution < 1.29 is 14.6 Å². The van der Waals surface area contributed by atoms with Gasteiger partial charge in [0.2, 0.25) is 5.91 Å². The minimum absolute atomic E-state index is 0.00309. The second-order valence-corrected chi connectivity index (χ2v) is 6.77. The van der Waals surface area contributed by atoms with Crippen molar-refractivity contribution in [1.82, 2.24) is 5.32 Å². The van der Waals surface area contributed by atoms with E-state index in [1.54, 1.807) is 0 Å². The van der Waals surface area contributed by atoms with Crippen LogP contribution in [0.15, 0.2) is 24.3 Å². The van der Waals surface area contributed by atoms with E-state index in [2.05, 4.69) is 11.4 Å². The highest BCUT2D eigenvalue weighted by Gasteiger charge is 2.34. The summed E-state index contributed by atoms with van der Waals surface area (Å²) in [5.74, 6) is 1.04. The normalized spacial score (nSPS) is 24.2. The van der Waals surface area contributed by atoms with Crippen molar-refractivity contribution in [1.29, 1.82) is 0 Å². The molecule has 2 unspecified atom stereocenters. The van der Waals surface area contributed by atoms with Gasteiger partial charge in [-0.15, -0.1) is 0 Å². The zero-order valence-corrected chi connectivity index (χ0v) is 13.2. The molecule has 1 aromatic carbocycles. The van der Waals surface area contributed by atoms with Crippen molar-refractivity contribution in [2.75, 3.05) is 6.61 Å². The molecule has 3 rings (SSSR count).